The molecule has 0 aliphatic heterocycles. The van der Waals surface area contributed by atoms with E-state index in [0.717, 1.165) is 10.8 Å². The maximum absolute atomic E-state index is 12.7. The van der Waals surface area contributed by atoms with Gasteiger partial charge in [-0.05, 0) is 12.1 Å². The Kier molecular flexibility index (Phi) is 3.62. The molecule has 6 nitrogen and oxygen atoms in total. The van der Waals surface area contributed by atoms with Crippen molar-refractivity contribution in [3.05, 3.63) is 63.5 Å². The van der Waals surface area contributed by atoms with E-state index < -0.39 is 16.8 Å². The third-order valence-corrected chi connectivity index (χ3v) is 2.63. The van der Waals surface area contributed by atoms with Gasteiger partial charge in [0.2, 0.25) is 0 Å². The molecule has 0 spiro atoms. The average molecular weight is 296 g/mol. The number of hydrogen-bond acceptors (Lipinski definition) is 3. The first-order valence-corrected chi connectivity index (χ1v) is 5.56. The number of rotatable bonds is 3. The van der Waals surface area contributed by atoms with Gasteiger partial charge >= 0.3 is 6.18 Å². The number of nitro groups is 1. The number of hydrogen-bond donors (Lipinski definition) is 0. The lowest BCUT2D eigenvalue weighted by Gasteiger charge is -2.04. The molecule has 0 atom stereocenters. The zero-order chi connectivity index (χ0) is 15.6. The third-order valence-electron chi connectivity index (χ3n) is 2.63. The van der Waals surface area contributed by atoms with Gasteiger partial charge in [0, 0.05) is 24.0 Å². The predicted molar refractivity (Wildman–Crippen MR) is 65.5 cm³/mol. The van der Waals surface area contributed by atoms with Crippen LogP contribution in [-0.4, -0.2) is 14.5 Å². The lowest BCUT2D eigenvalue weighted by atomic mass is 10.3. The maximum Gasteiger partial charge on any atom is 0.434 e. The van der Waals surface area contributed by atoms with Gasteiger partial charge in [0.15, 0.2) is 11.5 Å². The van der Waals surface area contributed by atoms with Crippen LogP contribution in [0, 0.1) is 16.7 Å². The summed E-state index contributed by atoms with van der Waals surface area (Å²) in [6.07, 6.45) is -3.86. The Bertz CT molecular complexity index is 714. The second-order valence-corrected chi connectivity index (χ2v) is 4.00. The lowest BCUT2D eigenvalue weighted by Crippen LogP contribution is -2.05. The fourth-order valence-corrected chi connectivity index (χ4v) is 1.70. The SMILES string of the molecule is [C-]#[N+]Cc1nc(C(F)(F)F)cn1-c1ccc([N+](=O)[O-])cc1. The summed E-state index contributed by atoms with van der Waals surface area (Å²) >= 11 is 0. The van der Waals surface area contributed by atoms with Crippen LogP contribution in [-0.2, 0) is 12.7 Å². The minimum absolute atomic E-state index is 0.0776. The molecule has 2 aromatic rings. The van der Waals surface area contributed by atoms with E-state index in [1.165, 1.54) is 24.3 Å². The lowest BCUT2D eigenvalue weighted by molar-refractivity contribution is -0.384. The Balaban J connectivity index is 2.49. The molecule has 0 saturated heterocycles. The minimum atomic E-state index is -4.62. The van der Waals surface area contributed by atoms with Crippen molar-refractivity contribution in [3.63, 3.8) is 0 Å². The topological polar surface area (TPSA) is 65.3 Å². The molecule has 0 saturated carbocycles. The number of aromatic nitrogens is 2. The summed E-state index contributed by atoms with van der Waals surface area (Å²) in [7, 11) is 0. The summed E-state index contributed by atoms with van der Waals surface area (Å²) in [6.45, 7) is 6.43. The highest BCUT2D eigenvalue weighted by atomic mass is 19.4. The molecule has 1 aromatic carbocycles. The Morgan fingerprint density at radius 2 is 1.95 bits per heavy atom. The monoisotopic (exact) mass is 296 g/mol. The van der Waals surface area contributed by atoms with E-state index in [1.54, 1.807) is 0 Å². The number of benzene rings is 1. The van der Waals surface area contributed by atoms with Crippen molar-refractivity contribution in [2.75, 3.05) is 0 Å². The van der Waals surface area contributed by atoms with E-state index >= 15 is 0 Å². The van der Waals surface area contributed by atoms with Gasteiger partial charge in [-0.1, -0.05) is 0 Å². The molecule has 0 aliphatic rings. The van der Waals surface area contributed by atoms with Crippen LogP contribution in [0.4, 0.5) is 18.9 Å². The van der Waals surface area contributed by atoms with E-state index in [0.29, 0.717) is 0 Å². The van der Waals surface area contributed by atoms with Crippen molar-refractivity contribution in [1.82, 2.24) is 9.55 Å². The second kappa shape index (κ2) is 5.24. The number of imidazole rings is 1. The molecule has 21 heavy (non-hydrogen) atoms. The number of alkyl halides is 3. The molecule has 2 rings (SSSR count). The first kappa shape index (κ1) is 14.5. The van der Waals surface area contributed by atoms with Gasteiger partial charge < -0.3 is 4.85 Å². The zero-order valence-corrected chi connectivity index (χ0v) is 10.3. The molecule has 0 radical (unpaired) electrons. The highest BCUT2D eigenvalue weighted by Crippen LogP contribution is 2.30. The van der Waals surface area contributed by atoms with E-state index in [2.05, 4.69) is 9.83 Å². The molecular formula is C12H7F3N4O2. The van der Waals surface area contributed by atoms with Gasteiger partial charge in [-0.3, -0.25) is 14.7 Å². The van der Waals surface area contributed by atoms with Crippen LogP contribution < -0.4 is 0 Å². The van der Waals surface area contributed by atoms with Crippen LogP contribution >= 0.6 is 0 Å². The summed E-state index contributed by atoms with van der Waals surface area (Å²) in [5, 5.41) is 10.6. The summed E-state index contributed by atoms with van der Waals surface area (Å²) in [6, 6.07) is 4.94. The van der Waals surface area contributed by atoms with Crippen molar-refractivity contribution in [2.24, 2.45) is 0 Å². The molecular weight excluding hydrogens is 289 g/mol. The average Bonchev–Trinajstić information content (AvgIpc) is 2.83. The van der Waals surface area contributed by atoms with Gasteiger partial charge in [0.1, 0.15) is 0 Å². The van der Waals surface area contributed by atoms with E-state index in [1.807, 2.05) is 0 Å². The Labute approximate surface area is 116 Å². The van der Waals surface area contributed by atoms with Crippen LogP contribution in [0.3, 0.4) is 0 Å². The zero-order valence-electron chi connectivity index (χ0n) is 10.3. The van der Waals surface area contributed by atoms with Gasteiger partial charge in [-0.2, -0.15) is 13.2 Å². The first-order valence-electron chi connectivity index (χ1n) is 5.56. The smallest absolute Gasteiger partial charge is 0.308 e. The summed E-state index contributed by atoms with van der Waals surface area (Å²) in [4.78, 5) is 16.4. The number of nitro benzene ring substituents is 1. The van der Waals surface area contributed by atoms with Crippen molar-refractivity contribution in [1.29, 1.82) is 0 Å². The molecule has 9 heteroatoms. The summed E-state index contributed by atoms with van der Waals surface area (Å²) in [5.41, 5.74) is -1.02. The van der Waals surface area contributed by atoms with Crippen LogP contribution in [0.5, 0.6) is 0 Å². The normalized spacial score (nSPS) is 11.1. The number of non-ortho nitro benzene ring substituents is 1. The molecule has 0 amide bonds. The van der Waals surface area contributed by atoms with Gasteiger partial charge in [-0.15, -0.1) is 0 Å². The largest absolute Gasteiger partial charge is 0.434 e. The molecule has 0 aliphatic carbocycles. The molecule has 1 heterocycles. The second-order valence-electron chi connectivity index (χ2n) is 4.00. The van der Waals surface area contributed by atoms with Crippen LogP contribution in [0.15, 0.2) is 30.5 Å². The van der Waals surface area contributed by atoms with Crippen LogP contribution in [0.1, 0.15) is 11.5 Å². The molecule has 0 fully saturated rings. The third kappa shape index (κ3) is 3.00. The summed E-state index contributed by atoms with van der Waals surface area (Å²) in [5.74, 6) is -0.0776. The van der Waals surface area contributed by atoms with Crippen LogP contribution in [0.25, 0.3) is 10.5 Å². The van der Waals surface area contributed by atoms with E-state index in [9.17, 15) is 23.3 Å². The number of halogens is 3. The van der Waals surface area contributed by atoms with Crippen molar-refractivity contribution < 1.29 is 18.1 Å². The highest BCUT2D eigenvalue weighted by molar-refractivity contribution is 5.42. The Morgan fingerprint density at radius 3 is 2.43 bits per heavy atom. The fraction of sp³-hybridized carbons (Fsp3) is 0.167. The molecule has 1 aromatic heterocycles. The molecule has 0 N–H and O–H groups in total. The van der Waals surface area contributed by atoms with Gasteiger partial charge in [0.25, 0.3) is 12.2 Å². The van der Waals surface area contributed by atoms with Crippen molar-refractivity contribution in [3.8, 4) is 5.69 Å². The maximum atomic E-state index is 12.7. The predicted octanol–water partition coefficient (Wildman–Crippen LogP) is 3.22. The Morgan fingerprint density at radius 1 is 1.33 bits per heavy atom. The van der Waals surface area contributed by atoms with E-state index in [4.69, 9.17) is 6.57 Å². The van der Waals surface area contributed by atoms with Gasteiger partial charge in [0.05, 0.1) is 4.92 Å². The highest BCUT2D eigenvalue weighted by Gasteiger charge is 2.35. The minimum Gasteiger partial charge on any atom is -0.308 e. The van der Waals surface area contributed by atoms with Crippen molar-refractivity contribution >= 4 is 5.69 Å². The molecule has 108 valence electrons. The molecule has 0 unspecified atom stereocenters. The quantitative estimate of drug-likeness (QED) is 0.496. The number of nitrogens with zero attached hydrogens (tertiary/aromatic N) is 4. The van der Waals surface area contributed by atoms with Crippen molar-refractivity contribution in [2.45, 2.75) is 12.7 Å². The standard InChI is InChI=1S/C12H7F3N4O2/c1-16-6-11-17-10(12(13,14)15)7-18(11)8-2-4-9(5-3-8)19(20)21/h2-5,7H,6H2. The molecule has 0 bridgehead atoms. The Hall–Kier alpha value is -2.89. The van der Waals surface area contributed by atoms with E-state index in [-0.39, 0.29) is 23.7 Å². The van der Waals surface area contributed by atoms with Crippen LogP contribution in [0.2, 0.25) is 0 Å². The summed E-state index contributed by atoms with van der Waals surface area (Å²) < 4.78 is 39.1. The first-order chi connectivity index (χ1) is 9.82. The fourth-order valence-electron chi connectivity index (χ4n) is 1.70. The van der Waals surface area contributed by atoms with Gasteiger partial charge in [-0.25, -0.2) is 11.6 Å².